The Labute approximate surface area is 133 Å². The second-order valence-corrected chi connectivity index (χ2v) is 4.81. The van der Waals surface area contributed by atoms with E-state index in [9.17, 15) is 9.90 Å². The number of aromatic nitrogens is 1. The van der Waals surface area contributed by atoms with Crippen LogP contribution in [0.1, 0.15) is 11.3 Å². The molecule has 1 amide bonds. The summed E-state index contributed by atoms with van der Waals surface area (Å²) in [4.78, 5) is 11.9. The first-order valence-corrected chi connectivity index (χ1v) is 6.94. The Morgan fingerprint density at radius 3 is 2.78 bits per heavy atom. The minimum atomic E-state index is -0.473. The topological polar surface area (TPSA) is 111 Å². The number of nitriles is 1. The number of carbonyl (C=O) groups excluding carboxylic acids is 1. The maximum atomic E-state index is 11.9. The van der Waals surface area contributed by atoms with E-state index in [1.165, 1.54) is 6.20 Å². The number of phenolic OH excluding ortho intramolecular Hbond substituents is 1. The molecule has 0 saturated heterocycles. The van der Waals surface area contributed by atoms with Gasteiger partial charge in [-0.25, -0.2) is 0 Å². The highest BCUT2D eigenvalue weighted by Gasteiger charge is 2.08. The largest absolute Gasteiger partial charge is 0.508 e. The zero-order valence-electron chi connectivity index (χ0n) is 12.5. The second-order valence-electron chi connectivity index (χ2n) is 4.81. The molecule has 23 heavy (non-hydrogen) atoms. The number of rotatable bonds is 6. The lowest BCUT2D eigenvalue weighted by atomic mass is 10.1. The molecule has 0 unspecified atom stereocenters. The van der Waals surface area contributed by atoms with Crippen molar-refractivity contribution in [3.63, 3.8) is 0 Å². The lowest BCUT2D eigenvalue weighted by Crippen LogP contribution is -2.27. The zero-order valence-corrected chi connectivity index (χ0v) is 12.5. The second kappa shape index (κ2) is 7.66. The molecule has 0 aliphatic heterocycles. The summed E-state index contributed by atoms with van der Waals surface area (Å²) in [5.41, 5.74) is 0.915. The summed E-state index contributed by atoms with van der Waals surface area (Å²) in [6.07, 6.45) is 1.88. The Morgan fingerprint density at radius 2 is 2.17 bits per heavy atom. The van der Waals surface area contributed by atoms with Crippen molar-refractivity contribution >= 4 is 11.7 Å². The maximum absolute atomic E-state index is 11.9. The van der Waals surface area contributed by atoms with Crippen LogP contribution in [0.15, 0.2) is 46.6 Å². The van der Waals surface area contributed by atoms with E-state index < -0.39 is 5.91 Å². The predicted molar refractivity (Wildman–Crippen MR) is 83.4 cm³/mol. The minimum Gasteiger partial charge on any atom is -0.508 e. The van der Waals surface area contributed by atoms with Gasteiger partial charge in [-0.15, -0.1) is 0 Å². The number of nitrogens with zero attached hydrogens (tertiary/aromatic N) is 2. The first-order chi connectivity index (χ1) is 11.1. The van der Waals surface area contributed by atoms with Crippen molar-refractivity contribution < 1.29 is 14.4 Å². The Balaban J connectivity index is 1.85. The number of aromatic hydroxyl groups is 1. The molecule has 2 rings (SSSR count). The van der Waals surface area contributed by atoms with Gasteiger partial charge in [0.25, 0.3) is 5.91 Å². The van der Waals surface area contributed by atoms with Crippen LogP contribution in [0.2, 0.25) is 0 Å². The molecule has 0 radical (unpaired) electrons. The Bertz CT molecular complexity index is 741. The average Bonchev–Trinajstić information content (AvgIpc) is 2.95. The Morgan fingerprint density at radius 1 is 1.43 bits per heavy atom. The Kier molecular flexibility index (Phi) is 5.36. The van der Waals surface area contributed by atoms with Crippen molar-refractivity contribution in [1.82, 2.24) is 10.5 Å². The lowest BCUT2D eigenvalue weighted by Gasteiger charge is -2.05. The highest BCUT2D eigenvalue weighted by Crippen LogP contribution is 2.10. The quantitative estimate of drug-likeness (QED) is 0.554. The van der Waals surface area contributed by atoms with Gasteiger partial charge >= 0.3 is 0 Å². The number of amides is 1. The molecule has 7 nitrogen and oxygen atoms in total. The molecule has 3 N–H and O–H groups in total. The molecule has 1 heterocycles. The van der Waals surface area contributed by atoms with E-state index in [0.29, 0.717) is 24.5 Å². The van der Waals surface area contributed by atoms with Crippen LogP contribution in [-0.2, 0) is 11.2 Å². The van der Waals surface area contributed by atoms with Crippen LogP contribution in [0.25, 0.3) is 0 Å². The molecule has 0 fully saturated rings. The van der Waals surface area contributed by atoms with Crippen LogP contribution < -0.4 is 10.6 Å². The van der Waals surface area contributed by atoms with Crippen molar-refractivity contribution in [2.24, 2.45) is 0 Å². The van der Waals surface area contributed by atoms with Gasteiger partial charge in [0, 0.05) is 18.8 Å². The van der Waals surface area contributed by atoms with Gasteiger partial charge in [0.05, 0.1) is 0 Å². The van der Waals surface area contributed by atoms with Gasteiger partial charge in [-0.2, -0.15) is 5.26 Å². The summed E-state index contributed by atoms with van der Waals surface area (Å²) >= 11 is 0. The fraction of sp³-hybridized carbons (Fsp3) is 0.188. The molecule has 0 spiro atoms. The van der Waals surface area contributed by atoms with E-state index in [2.05, 4.69) is 15.8 Å². The smallest absolute Gasteiger partial charge is 0.263 e. The summed E-state index contributed by atoms with van der Waals surface area (Å²) in [5.74, 6) is 0.769. The molecule has 7 heteroatoms. The van der Waals surface area contributed by atoms with Gasteiger partial charge in [0.2, 0.25) is 0 Å². The minimum absolute atomic E-state index is 0.0589. The van der Waals surface area contributed by atoms with Crippen LogP contribution in [0.5, 0.6) is 5.75 Å². The van der Waals surface area contributed by atoms with Crippen LogP contribution in [0.4, 0.5) is 5.82 Å². The molecular formula is C16H16N4O3. The maximum Gasteiger partial charge on any atom is 0.263 e. The third kappa shape index (κ3) is 4.89. The molecule has 2 aromatic rings. The number of benzene rings is 1. The molecule has 0 saturated carbocycles. The van der Waals surface area contributed by atoms with Crippen molar-refractivity contribution in [3.05, 3.63) is 53.4 Å². The van der Waals surface area contributed by atoms with Crippen molar-refractivity contribution in [1.29, 1.82) is 5.26 Å². The number of nitrogens with one attached hydrogen (secondary N) is 2. The van der Waals surface area contributed by atoms with E-state index in [4.69, 9.17) is 9.78 Å². The van der Waals surface area contributed by atoms with E-state index in [1.807, 2.05) is 6.07 Å². The summed E-state index contributed by atoms with van der Waals surface area (Å²) in [7, 11) is 0. The Hall–Kier alpha value is -3.27. The van der Waals surface area contributed by atoms with Gasteiger partial charge in [0.15, 0.2) is 5.82 Å². The monoisotopic (exact) mass is 312 g/mol. The molecule has 0 atom stereocenters. The molecule has 1 aromatic heterocycles. The van der Waals surface area contributed by atoms with Crippen LogP contribution in [0.3, 0.4) is 0 Å². The molecular weight excluding hydrogens is 296 g/mol. The third-order valence-electron chi connectivity index (χ3n) is 2.99. The van der Waals surface area contributed by atoms with Crippen LogP contribution in [0, 0.1) is 18.3 Å². The molecule has 0 aliphatic rings. The standard InChI is InChI=1S/C16H16N4O3/c1-11-8-15(20-23-11)19-10-13(9-17)16(22)18-7-6-12-2-4-14(21)5-3-12/h2-5,8,10,21H,6-7H2,1H3,(H,18,22)(H,19,20)/b13-10-. The van der Waals surface area contributed by atoms with E-state index >= 15 is 0 Å². The highest BCUT2D eigenvalue weighted by molar-refractivity contribution is 5.97. The fourth-order valence-corrected chi connectivity index (χ4v) is 1.81. The van der Waals surface area contributed by atoms with Crippen LogP contribution in [-0.4, -0.2) is 22.7 Å². The van der Waals surface area contributed by atoms with Crippen molar-refractivity contribution in [2.45, 2.75) is 13.3 Å². The van der Waals surface area contributed by atoms with Gasteiger partial charge in [-0.3, -0.25) is 4.79 Å². The fourth-order valence-electron chi connectivity index (χ4n) is 1.81. The van der Waals surface area contributed by atoms with Crippen molar-refractivity contribution in [3.8, 4) is 11.8 Å². The number of anilines is 1. The molecule has 0 bridgehead atoms. The highest BCUT2D eigenvalue weighted by atomic mass is 16.5. The first-order valence-electron chi connectivity index (χ1n) is 6.94. The van der Waals surface area contributed by atoms with E-state index in [0.717, 1.165) is 5.56 Å². The molecule has 0 aliphatic carbocycles. The summed E-state index contributed by atoms with van der Waals surface area (Å²) in [6.45, 7) is 2.12. The molecule has 1 aromatic carbocycles. The van der Waals surface area contributed by atoms with Gasteiger partial charge in [0.1, 0.15) is 23.2 Å². The number of hydrogen-bond acceptors (Lipinski definition) is 6. The normalized spacial score (nSPS) is 10.9. The number of aryl methyl sites for hydroxylation is 1. The van der Waals surface area contributed by atoms with Gasteiger partial charge in [-0.05, 0) is 31.0 Å². The number of hydrogen-bond donors (Lipinski definition) is 3. The average molecular weight is 312 g/mol. The van der Waals surface area contributed by atoms with E-state index in [-0.39, 0.29) is 11.3 Å². The van der Waals surface area contributed by atoms with Crippen molar-refractivity contribution in [2.75, 3.05) is 11.9 Å². The number of phenols is 1. The predicted octanol–water partition coefficient (Wildman–Crippen LogP) is 1.87. The van der Waals surface area contributed by atoms with Crippen LogP contribution >= 0.6 is 0 Å². The third-order valence-corrected chi connectivity index (χ3v) is 2.99. The zero-order chi connectivity index (χ0) is 16.7. The lowest BCUT2D eigenvalue weighted by molar-refractivity contribution is -0.117. The SMILES string of the molecule is Cc1cc(N/C=C(/C#N)C(=O)NCCc2ccc(O)cc2)no1. The first kappa shape index (κ1) is 16.1. The summed E-state index contributed by atoms with van der Waals surface area (Å²) in [6, 6.07) is 10.2. The summed E-state index contributed by atoms with van der Waals surface area (Å²) < 4.78 is 4.87. The van der Waals surface area contributed by atoms with Gasteiger partial charge < -0.3 is 20.3 Å². The summed E-state index contributed by atoms with van der Waals surface area (Å²) in [5, 5.41) is 27.3. The number of carbonyl (C=O) groups is 1. The van der Waals surface area contributed by atoms with E-state index in [1.54, 1.807) is 37.3 Å². The van der Waals surface area contributed by atoms with Gasteiger partial charge in [-0.1, -0.05) is 17.3 Å². The molecule has 118 valence electrons.